The SMILES string of the molecule is CCOc1cc(N2CCC(N3CCN(C)CC3)CC2)c(C)cc1Nc1ncc(Cl)c(-c2cn(S(=O)CC)c3ccccc23)n1. The summed E-state index contributed by atoms with van der Waals surface area (Å²) in [5.41, 5.74) is 5.47. The zero-order valence-electron chi connectivity index (χ0n) is 26.1. The van der Waals surface area contributed by atoms with Gasteiger partial charge in [-0.25, -0.2) is 14.2 Å². The molecule has 2 fully saturated rings. The molecular formula is C33H42ClN7O2S. The molecule has 1 N–H and O–H groups in total. The molecule has 0 saturated carbocycles. The highest BCUT2D eigenvalue weighted by molar-refractivity contribution is 7.83. The fourth-order valence-corrected chi connectivity index (χ4v) is 7.51. The number of piperidine rings is 1. The Kier molecular flexibility index (Phi) is 9.42. The largest absolute Gasteiger partial charge is 0.492 e. The maximum absolute atomic E-state index is 12.8. The average molecular weight is 636 g/mol. The summed E-state index contributed by atoms with van der Waals surface area (Å²) in [6, 6.07) is 12.8. The van der Waals surface area contributed by atoms with E-state index in [9.17, 15) is 4.21 Å². The van der Waals surface area contributed by atoms with Crippen LogP contribution >= 0.6 is 11.6 Å². The summed E-state index contributed by atoms with van der Waals surface area (Å²) in [6.45, 7) is 13.3. The Morgan fingerprint density at radius 2 is 1.82 bits per heavy atom. The zero-order chi connectivity index (χ0) is 30.8. The van der Waals surface area contributed by atoms with Crippen molar-refractivity contribution in [2.45, 2.75) is 39.7 Å². The fraction of sp³-hybridized carbons (Fsp3) is 0.455. The topological polar surface area (TPSA) is 78.8 Å². The maximum atomic E-state index is 12.8. The van der Waals surface area contributed by atoms with Crippen LogP contribution in [0.5, 0.6) is 5.75 Å². The number of ether oxygens (including phenoxy) is 1. The first kappa shape index (κ1) is 30.8. The molecular weight excluding hydrogens is 594 g/mol. The van der Waals surface area contributed by atoms with Crippen molar-refractivity contribution < 1.29 is 8.95 Å². The zero-order valence-corrected chi connectivity index (χ0v) is 27.6. The van der Waals surface area contributed by atoms with Gasteiger partial charge in [0, 0.05) is 80.0 Å². The minimum absolute atomic E-state index is 0.416. The normalized spacial score (nSPS) is 17.7. The monoisotopic (exact) mass is 635 g/mol. The van der Waals surface area contributed by atoms with Crippen LogP contribution in [0, 0.1) is 6.92 Å². The molecule has 1 atom stereocenters. The molecule has 2 aliphatic heterocycles. The summed E-state index contributed by atoms with van der Waals surface area (Å²) in [5, 5.41) is 4.77. The van der Waals surface area contributed by atoms with E-state index in [0.29, 0.717) is 35.1 Å². The minimum Gasteiger partial charge on any atom is -0.492 e. The van der Waals surface area contributed by atoms with Crippen molar-refractivity contribution in [3.63, 3.8) is 0 Å². The van der Waals surface area contributed by atoms with Gasteiger partial charge in [0.25, 0.3) is 0 Å². The highest BCUT2D eigenvalue weighted by Crippen LogP contribution is 2.38. The Morgan fingerprint density at radius 3 is 2.55 bits per heavy atom. The van der Waals surface area contributed by atoms with E-state index in [1.54, 1.807) is 10.2 Å². The second kappa shape index (κ2) is 13.4. The number of likely N-dealkylation sites (N-methyl/N-ethyl adjacent to an activating group) is 1. The van der Waals surface area contributed by atoms with Crippen LogP contribution in [0.2, 0.25) is 5.02 Å². The van der Waals surface area contributed by atoms with Crippen molar-refractivity contribution in [1.29, 1.82) is 0 Å². The van der Waals surface area contributed by atoms with Gasteiger partial charge in [-0.1, -0.05) is 36.7 Å². The maximum Gasteiger partial charge on any atom is 0.227 e. The number of hydrogen-bond donors (Lipinski definition) is 1. The van der Waals surface area contributed by atoms with E-state index in [1.165, 1.54) is 37.2 Å². The second-order valence-electron chi connectivity index (χ2n) is 11.6. The molecule has 0 radical (unpaired) electrons. The lowest BCUT2D eigenvalue weighted by Gasteiger charge is -2.43. The van der Waals surface area contributed by atoms with Crippen LogP contribution in [-0.4, -0.2) is 92.7 Å². The van der Waals surface area contributed by atoms with Crippen molar-refractivity contribution in [2.24, 2.45) is 0 Å². The third-order valence-corrected chi connectivity index (χ3v) is 10.4. The Bertz CT molecular complexity index is 1640. The Balaban J connectivity index is 1.25. The molecule has 0 aliphatic carbocycles. The standard InChI is InChI=1S/C33H42ClN7O2S/c1-5-43-31-20-30(40-13-11-24(12-14-40)39-17-15-38(4)16-18-39)23(3)19-28(31)36-33-35-21-27(34)32(37-33)26-22-41(44(42)6-2)29-10-8-7-9-25(26)29/h7-10,19-22,24H,5-6,11-18H2,1-4H3,(H,35,36,37). The Labute approximate surface area is 267 Å². The molecule has 2 aromatic heterocycles. The summed E-state index contributed by atoms with van der Waals surface area (Å²) in [5.74, 6) is 1.69. The van der Waals surface area contributed by atoms with Crippen LogP contribution in [0.15, 0.2) is 48.8 Å². The van der Waals surface area contributed by atoms with Gasteiger partial charge in [0.2, 0.25) is 5.95 Å². The van der Waals surface area contributed by atoms with Crippen molar-refractivity contribution in [3.8, 4) is 17.0 Å². The fourth-order valence-electron chi connectivity index (χ4n) is 6.43. The van der Waals surface area contributed by atoms with Crippen LogP contribution < -0.4 is 15.0 Å². The van der Waals surface area contributed by atoms with E-state index in [0.717, 1.165) is 54.1 Å². The molecule has 2 saturated heterocycles. The molecule has 4 heterocycles. The number of anilines is 3. The van der Waals surface area contributed by atoms with Gasteiger partial charge >= 0.3 is 0 Å². The van der Waals surface area contributed by atoms with Crippen LogP contribution in [0.1, 0.15) is 32.3 Å². The Morgan fingerprint density at radius 1 is 1.07 bits per heavy atom. The van der Waals surface area contributed by atoms with E-state index in [2.05, 4.69) is 51.1 Å². The van der Waals surface area contributed by atoms with Gasteiger partial charge in [-0.05, 0) is 51.4 Å². The molecule has 234 valence electrons. The first-order valence-electron chi connectivity index (χ1n) is 15.6. The summed E-state index contributed by atoms with van der Waals surface area (Å²) in [4.78, 5) is 17.0. The summed E-state index contributed by atoms with van der Waals surface area (Å²) in [7, 11) is 1.03. The molecule has 0 spiro atoms. The number of piperazine rings is 1. The van der Waals surface area contributed by atoms with E-state index in [-0.39, 0.29) is 0 Å². The number of aromatic nitrogens is 3. The van der Waals surface area contributed by atoms with E-state index in [4.69, 9.17) is 21.3 Å². The van der Waals surface area contributed by atoms with E-state index < -0.39 is 11.0 Å². The number of hydrogen-bond acceptors (Lipinski definition) is 8. The minimum atomic E-state index is -1.19. The van der Waals surface area contributed by atoms with E-state index >= 15 is 0 Å². The first-order chi connectivity index (χ1) is 21.4. The lowest BCUT2D eigenvalue weighted by atomic mass is 10.0. The van der Waals surface area contributed by atoms with Crippen molar-refractivity contribution in [3.05, 3.63) is 59.4 Å². The van der Waals surface area contributed by atoms with E-state index in [1.807, 2.05) is 44.3 Å². The van der Waals surface area contributed by atoms with Gasteiger partial charge in [0.05, 0.1) is 34.7 Å². The van der Waals surface area contributed by atoms with Crippen LogP contribution in [-0.2, 0) is 11.0 Å². The average Bonchev–Trinajstić information content (AvgIpc) is 3.43. The van der Waals surface area contributed by atoms with Gasteiger partial charge in [-0.3, -0.25) is 8.87 Å². The predicted molar refractivity (Wildman–Crippen MR) is 182 cm³/mol. The highest BCUT2D eigenvalue weighted by atomic mass is 35.5. The third kappa shape index (κ3) is 6.31. The molecule has 0 amide bonds. The van der Waals surface area contributed by atoms with Crippen molar-refractivity contribution in [1.82, 2.24) is 23.7 Å². The lowest BCUT2D eigenvalue weighted by molar-refractivity contribution is 0.0982. The number of nitrogens with one attached hydrogen (secondary N) is 1. The molecule has 2 aliphatic rings. The predicted octanol–water partition coefficient (Wildman–Crippen LogP) is 5.95. The Hall–Kier alpha value is -3.18. The summed E-state index contributed by atoms with van der Waals surface area (Å²) >= 11 is 6.66. The highest BCUT2D eigenvalue weighted by Gasteiger charge is 2.28. The molecule has 11 heteroatoms. The number of nitrogens with zero attached hydrogens (tertiary/aromatic N) is 6. The number of rotatable bonds is 9. The first-order valence-corrected chi connectivity index (χ1v) is 17.3. The third-order valence-electron chi connectivity index (χ3n) is 8.85. The van der Waals surface area contributed by atoms with Crippen molar-refractivity contribution >= 4 is 50.8 Å². The molecule has 2 aromatic carbocycles. The number of para-hydroxylation sites is 1. The molecule has 4 aromatic rings. The van der Waals surface area contributed by atoms with Gasteiger partial charge < -0.3 is 19.9 Å². The lowest BCUT2D eigenvalue weighted by Crippen LogP contribution is -2.52. The van der Waals surface area contributed by atoms with Gasteiger partial charge in [-0.2, -0.15) is 0 Å². The summed E-state index contributed by atoms with van der Waals surface area (Å²) in [6.07, 6.45) is 5.84. The number of aryl methyl sites for hydroxylation is 1. The van der Waals surface area contributed by atoms with Gasteiger partial charge in [0.1, 0.15) is 16.7 Å². The summed E-state index contributed by atoms with van der Waals surface area (Å²) < 4.78 is 20.7. The quantitative estimate of drug-likeness (QED) is 0.242. The molecule has 1 unspecified atom stereocenters. The second-order valence-corrected chi connectivity index (χ2v) is 13.7. The van der Waals surface area contributed by atoms with Crippen molar-refractivity contribution in [2.75, 3.05) is 68.9 Å². The number of fused-ring (bicyclic) bond motifs is 1. The molecule has 44 heavy (non-hydrogen) atoms. The van der Waals surface area contributed by atoms with Gasteiger partial charge in [0.15, 0.2) is 0 Å². The smallest absolute Gasteiger partial charge is 0.227 e. The molecule has 0 bridgehead atoms. The number of benzene rings is 2. The molecule has 9 nitrogen and oxygen atoms in total. The van der Waals surface area contributed by atoms with Crippen LogP contribution in [0.25, 0.3) is 22.2 Å². The molecule has 6 rings (SSSR count). The van der Waals surface area contributed by atoms with Crippen LogP contribution in [0.3, 0.4) is 0 Å². The van der Waals surface area contributed by atoms with Gasteiger partial charge in [-0.15, -0.1) is 0 Å². The van der Waals surface area contributed by atoms with Crippen LogP contribution in [0.4, 0.5) is 17.3 Å². The number of halogens is 1.